The Morgan fingerprint density at radius 2 is 1.80 bits per heavy atom. The molecule has 0 radical (unpaired) electrons. The molecule has 0 aromatic rings. The van der Waals surface area contributed by atoms with Gasteiger partial charge in [-0.1, -0.05) is 6.42 Å². The first-order valence-corrected chi connectivity index (χ1v) is 7.38. The van der Waals surface area contributed by atoms with Crippen molar-refractivity contribution in [2.75, 3.05) is 26.7 Å². The lowest BCUT2D eigenvalue weighted by atomic mass is 9.95. The molecule has 0 saturated heterocycles. The largest absolute Gasteiger partial charge is 0.394 e. The van der Waals surface area contributed by atoms with Gasteiger partial charge in [-0.15, -0.1) is 0 Å². The van der Waals surface area contributed by atoms with Crippen molar-refractivity contribution in [2.24, 2.45) is 0 Å². The number of rotatable bonds is 10. The molecule has 20 heavy (non-hydrogen) atoms. The summed E-state index contributed by atoms with van der Waals surface area (Å²) < 4.78 is 36.2. The Morgan fingerprint density at radius 1 is 1.15 bits per heavy atom. The minimum atomic E-state index is -4.07. The molecule has 1 aliphatic carbocycles. The molecule has 0 aromatic carbocycles. The Kier molecular flexibility index (Phi) is 6.75. The highest BCUT2D eigenvalue weighted by Crippen LogP contribution is 2.25. The monoisotopic (exact) mass is 296 g/mol. The van der Waals surface area contributed by atoms with Crippen LogP contribution in [0.15, 0.2) is 0 Å². The number of nitrogens with one attached hydrogen (secondary N) is 1. The summed E-state index contributed by atoms with van der Waals surface area (Å²) in [4.78, 5) is 1.72. The van der Waals surface area contributed by atoms with Gasteiger partial charge in [-0.25, -0.2) is 0 Å². The molecule has 1 fully saturated rings. The molecule has 3 nitrogen and oxygen atoms in total. The van der Waals surface area contributed by atoms with Crippen LogP contribution in [-0.2, 0) is 0 Å². The maximum atomic E-state index is 12.1. The summed E-state index contributed by atoms with van der Waals surface area (Å²) in [5.74, 6) is 0. The molecular weight excluding hydrogens is 269 g/mol. The van der Waals surface area contributed by atoms with Crippen molar-refractivity contribution in [1.29, 1.82) is 0 Å². The minimum Gasteiger partial charge on any atom is -0.394 e. The molecule has 0 heterocycles. The molecule has 0 aliphatic heterocycles. The lowest BCUT2D eigenvalue weighted by Crippen LogP contribution is -2.46. The van der Waals surface area contributed by atoms with Crippen LogP contribution in [0.4, 0.5) is 13.2 Å². The van der Waals surface area contributed by atoms with Gasteiger partial charge in [-0.2, -0.15) is 13.2 Å². The summed E-state index contributed by atoms with van der Waals surface area (Å²) in [6.07, 6.45) is 0.154. The van der Waals surface area contributed by atoms with E-state index in [0.717, 1.165) is 19.3 Å². The van der Waals surface area contributed by atoms with Crippen LogP contribution in [0.5, 0.6) is 0 Å². The van der Waals surface area contributed by atoms with Crippen molar-refractivity contribution in [3.63, 3.8) is 0 Å². The second-order valence-electron chi connectivity index (χ2n) is 6.26. The van der Waals surface area contributed by atoms with E-state index in [2.05, 4.69) is 5.32 Å². The first kappa shape index (κ1) is 17.7. The van der Waals surface area contributed by atoms with Crippen LogP contribution < -0.4 is 5.32 Å². The van der Waals surface area contributed by atoms with E-state index in [1.807, 2.05) is 6.92 Å². The Hall–Kier alpha value is -0.330. The Balaban J connectivity index is 2.10. The van der Waals surface area contributed by atoms with Gasteiger partial charge in [0.2, 0.25) is 0 Å². The van der Waals surface area contributed by atoms with Crippen LogP contribution in [0.2, 0.25) is 0 Å². The number of aliphatic hydroxyl groups excluding tert-OH is 1. The Morgan fingerprint density at radius 3 is 2.30 bits per heavy atom. The smallest absolute Gasteiger partial charge is 0.390 e. The number of aliphatic hydroxyl groups is 1. The van der Waals surface area contributed by atoms with Crippen LogP contribution in [0, 0.1) is 0 Å². The summed E-state index contributed by atoms with van der Waals surface area (Å²) in [5, 5.41) is 12.9. The fraction of sp³-hybridized carbons (Fsp3) is 1.00. The average molecular weight is 296 g/mol. The Labute approximate surface area is 119 Å². The van der Waals surface area contributed by atoms with Crippen molar-refractivity contribution in [2.45, 2.75) is 63.2 Å². The van der Waals surface area contributed by atoms with E-state index in [4.69, 9.17) is 0 Å². The van der Waals surface area contributed by atoms with Crippen molar-refractivity contribution in [3.05, 3.63) is 0 Å². The van der Waals surface area contributed by atoms with Gasteiger partial charge in [-0.3, -0.25) is 0 Å². The van der Waals surface area contributed by atoms with Crippen LogP contribution in [0.1, 0.15) is 45.4 Å². The molecule has 6 heteroatoms. The molecule has 0 bridgehead atoms. The number of alkyl halides is 3. The molecule has 0 spiro atoms. The summed E-state index contributed by atoms with van der Waals surface area (Å²) in [7, 11) is 1.72. The zero-order chi connectivity index (χ0) is 15.2. The van der Waals surface area contributed by atoms with E-state index >= 15 is 0 Å². The van der Waals surface area contributed by atoms with Gasteiger partial charge >= 0.3 is 6.18 Å². The normalized spacial score (nSPS) is 19.4. The van der Waals surface area contributed by atoms with Crippen molar-refractivity contribution in [1.82, 2.24) is 10.2 Å². The van der Waals surface area contributed by atoms with Gasteiger partial charge in [0.15, 0.2) is 0 Å². The van der Waals surface area contributed by atoms with Crippen molar-refractivity contribution < 1.29 is 18.3 Å². The van der Waals surface area contributed by atoms with E-state index in [9.17, 15) is 18.3 Å². The molecule has 1 rings (SSSR count). The number of hydrogen-bond acceptors (Lipinski definition) is 3. The van der Waals surface area contributed by atoms with E-state index in [1.54, 1.807) is 11.9 Å². The molecule has 2 N–H and O–H groups in total. The molecule has 120 valence electrons. The van der Waals surface area contributed by atoms with Gasteiger partial charge in [0, 0.05) is 18.1 Å². The highest BCUT2D eigenvalue weighted by atomic mass is 19.4. The van der Waals surface area contributed by atoms with Gasteiger partial charge in [-0.05, 0) is 46.2 Å². The molecule has 1 aliphatic rings. The maximum absolute atomic E-state index is 12.1. The first-order chi connectivity index (χ1) is 9.24. The topological polar surface area (TPSA) is 35.5 Å². The SMILES string of the molecule is CN(CCCCC(C)(CO)NC1CC1)CCC(F)(F)F. The van der Waals surface area contributed by atoms with Gasteiger partial charge in [0.1, 0.15) is 0 Å². The zero-order valence-corrected chi connectivity index (χ0v) is 12.5. The minimum absolute atomic E-state index is 0.0566. The maximum Gasteiger partial charge on any atom is 0.390 e. The molecule has 1 saturated carbocycles. The predicted octanol–water partition coefficient (Wildman–Crippen LogP) is 2.54. The molecule has 0 aromatic heterocycles. The third-order valence-corrected chi connectivity index (χ3v) is 3.77. The average Bonchev–Trinajstić information content (AvgIpc) is 3.15. The number of hydrogen-bond donors (Lipinski definition) is 2. The van der Waals surface area contributed by atoms with E-state index < -0.39 is 12.6 Å². The number of unbranched alkanes of at least 4 members (excludes halogenated alkanes) is 1. The third-order valence-electron chi connectivity index (χ3n) is 3.77. The lowest BCUT2D eigenvalue weighted by Gasteiger charge is -2.29. The van der Waals surface area contributed by atoms with E-state index in [0.29, 0.717) is 12.6 Å². The lowest BCUT2D eigenvalue weighted by molar-refractivity contribution is -0.137. The first-order valence-electron chi connectivity index (χ1n) is 7.38. The van der Waals surface area contributed by atoms with Gasteiger partial charge < -0.3 is 15.3 Å². The van der Waals surface area contributed by atoms with Gasteiger partial charge in [0.05, 0.1) is 13.0 Å². The van der Waals surface area contributed by atoms with Crippen molar-refractivity contribution in [3.8, 4) is 0 Å². The van der Waals surface area contributed by atoms with Gasteiger partial charge in [0.25, 0.3) is 0 Å². The second-order valence-corrected chi connectivity index (χ2v) is 6.26. The zero-order valence-electron chi connectivity index (χ0n) is 12.5. The van der Waals surface area contributed by atoms with Crippen LogP contribution in [0.3, 0.4) is 0 Å². The molecule has 1 unspecified atom stereocenters. The fourth-order valence-electron chi connectivity index (χ4n) is 2.24. The molecule has 0 amide bonds. The standard InChI is InChI=1S/C14H27F3N2O/c1-13(11-20,18-12-5-6-12)7-3-4-9-19(2)10-8-14(15,16)17/h12,18,20H,3-11H2,1-2H3. The quantitative estimate of drug-likeness (QED) is 0.608. The fourth-order valence-corrected chi connectivity index (χ4v) is 2.24. The number of nitrogens with zero attached hydrogens (tertiary/aromatic N) is 1. The summed E-state index contributed by atoms with van der Waals surface area (Å²) in [6, 6.07) is 0.543. The highest BCUT2D eigenvalue weighted by Gasteiger charge is 2.31. The summed E-state index contributed by atoms with van der Waals surface area (Å²) in [5.41, 5.74) is -0.244. The summed E-state index contributed by atoms with van der Waals surface area (Å²) in [6.45, 7) is 2.84. The van der Waals surface area contributed by atoms with Crippen LogP contribution in [-0.4, -0.2) is 54.5 Å². The van der Waals surface area contributed by atoms with E-state index in [-0.39, 0.29) is 18.7 Å². The predicted molar refractivity (Wildman–Crippen MR) is 73.7 cm³/mol. The van der Waals surface area contributed by atoms with Crippen LogP contribution >= 0.6 is 0 Å². The second kappa shape index (κ2) is 7.61. The summed E-state index contributed by atoms with van der Waals surface area (Å²) >= 11 is 0. The van der Waals surface area contributed by atoms with E-state index in [1.165, 1.54) is 12.8 Å². The van der Waals surface area contributed by atoms with Crippen LogP contribution in [0.25, 0.3) is 0 Å². The van der Waals surface area contributed by atoms with Crippen molar-refractivity contribution >= 4 is 0 Å². The highest BCUT2D eigenvalue weighted by molar-refractivity contribution is 4.92. The Bertz CT molecular complexity index is 282. The molecular formula is C14H27F3N2O. The number of halogens is 3. The third kappa shape index (κ3) is 8.07. The molecule has 1 atom stereocenters.